The van der Waals surface area contributed by atoms with Gasteiger partial charge in [-0.3, -0.25) is 4.90 Å². The first-order valence-electron chi connectivity index (χ1n) is 6.71. The normalized spacial score (nSPS) is 10.8. The zero-order valence-corrected chi connectivity index (χ0v) is 11.9. The summed E-state index contributed by atoms with van der Waals surface area (Å²) in [5.74, 6) is -1.15. The zero-order valence-electron chi connectivity index (χ0n) is 11.9. The quantitative estimate of drug-likeness (QED) is 0.710. The minimum absolute atomic E-state index is 0.0104. The molecule has 0 saturated heterocycles. The van der Waals surface area contributed by atoms with E-state index in [2.05, 4.69) is 23.5 Å². The third kappa shape index (κ3) is 4.63. The Hall–Kier alpha value is -1.42. The van der Waals surface area contributed by atoms with Gasteiger partial charge >= 0.3 is 5.97 Å². The highest BCUT2D eigenvalue weighted by molar-refractivity contribution is 5.89. The zero-order chi connectivity index (χ0) is 14.3. The standard InChI is InChI=1S/C15H22FNO2/c1-4-8-17(9-5-2)11-12-6-7-13(14(16)10-12)15(18)19-3/h6-7,10H,4-5,8-9,11H2,1-3H3. The van der Waals surface area contributed by atoms with E-state index in [1.165, 1.54) is 19.2 Å². The average molecular weight is 267 g/mol. The van der Waals surface area contributed by atoms with Gasteiger partial charge in [0, 0.05) is 6.54 Å². The number of rotatable bonds is 7. The van der Waals surface area contributed by atoms with E-state index in [1.54, 1.807) is 6.07 Å². The summed E-state index contributed by atoms with van der Waals surface area (Å²) in [6.45, 7) is 6.95. The van der Waals surface area contributed by atoms with Crippen molar-refractivity contribution in [3.05, 3.63) is 35.1 Å². The van der Waals surface area contributed by atoms with Gasteiger partial charge in [-0.15, -0.1) is 0 Å². The average Bonchev–Trinajstić information content (AvgIpc) is 2.38. The van der Waals surface area contributed by atoms with E-state index in [0.717, 1.165) is 31.5 Å². The van der Waals surface area contributed by atoms with Crippen molar-refractivity contribution in [2.75, 3.05) is 20.2 Å². The fourth-order valence-electron chi connectivity index (χ4n) is 2.09. The van der Waals surface area contributed by atoms with E-state index in [9.17, 15) is 9.18 Å². The molecule has 0 aliphatic heterocycles. The monoisotopic (exact) mass is 267 g/mol. The van der Waals surface area contributed by atoms with E-state index in [0.29, 0.717) is 6.54 Å². The molecule has 0 amide bonds. The van der Waals surface area contributed by atoms with Crippen molar-refractivity contribution < 1.29 is 13.9 Å². The maximum atomic E-state index is 13.8. The number of benzene rings is 1. The van der Waals surface area contributed by atoms with Gasteiger partial charge in [-0.05, 0) is 43.6 Å². The van der Waals surface area contributed by atoms with Crippen LogP contribution in [0.1, 0.15) is 42.6 Å². The molecule has 19 heavy (non-hydrogen) atoms. The molecule has 0 atom stereocenters. The van der Waals surface area contributed by atoms with Crippen LogP contribution in [0.25, 0.3) is 0 Å². The summed E-state index contributed by atoms with van der Waals surface area (Å²) >= 11 is 0. The Labute approximate surface area is 114 Å². The molecule has 0 radical (unpaired) electrons. The van der Waals surface area contributed by atoms with E-state index in [1.807, 2.05) is 0 Å². The first kappa shape index (κ1) is 15.6. The number of hydrogen-bond donors (Lipinski definition) is 0. The van der Waals surface area contributed by atoms with Crippen LogP contribution in [0.15, 0.2) is 18.2 Å². The van der Waals surface area contributed by atoms with Crippen LogP contribution >= 0.6 is 0 Å². The Balaban J connectivity index is 2.79. The summed E-state index contributed by atoms with van der Waals surface area (Å²) in [5.41, 5.74) is 0.871. The third-order valence-corrected chi connectivity index (χ3v) is 2.92. The van der Waals surface area contributed by atoms with Crippen LogP contribution in [-0.2, 0) is 11.3 Å². The number of hydrogen-bond acceptors (Lipinski definition) is 3. The molecule has 106 valence electrons. The van der Waals surface area contributed by atoms with Gasteiger partial charge < -0.3 is 4.74 Å². The summed E-state index contributed by atoms with van der Waals surface area (Å²) < 4.78 is 18.3. The van der Waals surface area contributed by atoms with Gasteiger partial charge in [0.15, 0.2) is 0 Å². The Morgan fingerprint density at radius 2 is 1.89 bits per heavy atom. The summed E-state index contributed by atoms with van der Waals surface area (Å²) in [7, 11) is 1.25. The molecule has 0 unspecified atom stereocenters. The van der Waals surface area contributed by atoms with Crippen LogP contribution in [0.3, 0.4) is 0 Å². The van der Waals surface area contributed by atoms with Crippen molar-refractivity contribution in [1.82, 2.24) is 4.90 Å². The molecule has 0 aliphatic carbocycles. The van der Waals surface area contributed by atoms with Crippen LogP contribution in [0.5, 0.6) is 0 Å². The highest BCUT2D eigenvalue weighted by Gasteiger charge is 2.13. The lowest BCUT2D eigenvalue weighted by molar-refractivity contribution is 0.0595. The molecule has 0 heterocycles. The summed E-state index contributed by atoms with van der Waals surface area (Å²) in [6, 6.07) is 4.70. The first-order chi connectivity index (χ1) is 9.12. The Morgan fingerprint density at radius 3 is 2.37 bits per heavy atom. The third-order valence-electron chi connectivity index (χ3n) is 2.92. The number of carbonyl (C=O) groups is 1. The Bertz CT molecular complexity index is 415. The fourth-order valence-corrected chi connectivity index (χ4v) is 2.09. The molecule has 1 aromatic carbocycles. The van der Waals surface area contributed by atoms with Gasteiger partial charge in [0.25, 0.3) is 0 Å². The number of carbonyl (C=O) groups excluding carboxylic acids is 1. The van der Waals surface area contributed by atoms with E-state index >= 15 is 0 Å². The van der Waals surface area contributed by atoms with Crippen molar-refractivity contribution in [3.63, 3.8) is 0 Å². The largest absolute Gasteiger partial charge is 0.465 e. The van der Waals surface area contributed by atoms with Crippen LogP contribution < -0.4 is 0 Å². The van der Waals surface area contributed by atoms with Gasteiger partial charge in [0.1, 0.15) is 5.82 Å². The maximum absolute atomic E-state index is 13.8. The molecule has 4 heteroatoms. The Morgan fingerprint density at radius 1 is 1.26 bits per heavy atom. The molecule has 0 N–H and O–H groups in total. The van der Waals surface area contributed by atoms with E-state index in [4.69, 9.17) is 0 Å². The lowest BCUT2D eigenvalue weighted by Gasteiger charge is -2.21. The number of ether oxygens (including phenoxy) is 1. The van der Waals surface area contributed by atoms with Crippen molar-refractivity contribution >= 4 is 5.97 Å². The fraction of sp³-hybridized carbons (Fsp3) is 0.533. The molecule has 1 aromatic rings. The highest BCUT2D eigenvalue weighted by Crippen LogP contribution is 2.14. The van der Waals surface area contributed by atoms with Gasteiger partial charge in [-0.1, -0.05) is 19.9 Å². The summed E-state index contributed by atoms with van der Waals surface area (Å²) in [4.78, 5) is 13.6. The molecule has 0 fully saturated rings. The number of halogens is 1. The maximum Gasteiger partial charge on any atom is 0.340 e. The van der Waals surface area contributed by atoms with Gasteiger partial charge in [0.05, 0.1) is 12.7 Å². The summed E-state index contributed by atoms with van der Waals surface area (Å²) in [5, 5.41) is 0. The van der Waals surface area contributed by atoms with Crippen molar-refractivity contribution in [2.24, 2.45) is 0 Å². The molecule has 3 nitrogen and oxygen atoms in total. The van der Waals surface area contributed by atoms with Crippen LogP contribution in [0, 0.1) is 5.82 Å². The first-order valence-corrected chi connectivity index (χ1v) is 6.71. The van der Waals surface area contributed by atoms with Gasteiger partial charge in [-0.25, -0.2) is 9.18 Å². The molecule has 0 bridgehead atoms. The minimum Gasteiger partial charge on any atom is -0.465 e. The van der Waals surface area contributed by atoms with Gasteiger partial charge in [0.2, 0.25) is 0 Å². The lowest BCUT2D eigenvalue weighted by atomic mass is 10.1. The van der Waals surface area contributed by atoms with E-state index < -0.39 is 11.8 Å². The number of methoxy groups -OCH3 is 1. The van der Waals surface area contributed by atoms with Crippen LogP contribution in [0.4, 0.5) is 4.39 Å². The second-order valence-corrected chi connectivity index (χ2v) is 4.58. The van der Waals surface area contributed by atoms with Crippen molar-refractivity contribution in [1.29, 1.82) is 0 Å². The SMILES string of the molecule is CCCN(CCC)Cc1ccc(C(=O)OC)c(F)c1. The predicted octanol–water partition coefficient (Wildman–Crippen LogP) is 3.23. The molecular weight excluding hydrogens is 245 g/mol. The predicted molar refractivity (Wildman–Crippen MR) is 73.6 cm³/mol. The second kappa shape index (κ2) is 7.89. The molecular formula is C15H22FNO2. The number of esters is 1. The molecule has 0 aliphatic rings. The van der Waals surface area contributed by atoms with Gasteiger partial charge in [-0.2, -0.15) is 0 Å². The summed E-state index contributed by atoms with van der Waals surface area (Å²) in [6.07, 6.45) is 2.14. The van der Waals surface area contributed by atoms with E-state index in [-0.39, 0.29) is 5.56 Å². The van der Waals surface area contributed by atoms with Crippen LogP contribution in [0.2, 0.25) is 0 Å². The Kier molecular flexibility index (Phi) is 6.50. The number of nitrogens with zero attached hydrogens (tertiary/aromatic N) is 1. The highest BCUT2D eigenvalue weighted by atomic mass is 19.1. The molecule has 0 aromatic heterocycles. The van der Waals surface area contributed by atoms with Crippen molar-refractivity contribution in [2.45, 2.75) is 33.2 Å². The van der Waals surface area contributed by atoms with Crippen LogP contribution in [-0.4, -0.2) is 31.1 Å². The minimum atomic E-state index is -0.636. The topological polar surface area (TPSA) is 29.5 Å². The molecule has 0 saturated carbocycles. The van der Waals surface area contributed by atoms with Crippen molar-refractivity contribution in [3.8, 4) is 0 Å². The lowest BCUT2D eigenvalue weighted by Crippen LogP contribution is -2.25. The molecule has 0 spiro atoms. The smallest absolute Gasteiger partial charge is 0.340 e. The molecule has 1 rings (SSSR count). The second-order valence-electron chi connectivity index (χ2n) is 4.58.